The van der Waals surface area contributed by atoms with Crippen LogP contribution in [0.15, 0.2) is 132 Å². The molecule has 1 aromatic carbocycles. The number of aliphatic hydroxyl groups is 4. The second-order valence-corrected chi connectivity index (χ2v) is 42.1. The van der Waals surface area contributed by atoms with Gasteiger partial charge < -0.3 is 40.2 Å². The van der Waals surface area contributed by atoms with Crippen LogP contribution in [0, 0.1) is 41.4 Å². The highest BCUT2D eigenvalue weighted by atomic mass is 32.2. The van der Waals surface area contributed by atoms with Crippen LogP contribution in [-0.4, -0.2) is 229 Å². The first-order chi connectivity index (χ1) is 63.2. The molecule has 14 N–H and O–H groups in total. The molecule has 1 unspecified atom stereocenters. The Hall–Kier alpha value is -8.74. The molecule has 6 aliphatic rings. The van der Waals surface area contributed by atoms with E-state index in [0.29, 0.717) is 145 Å². The van der Waals surface area contributed by atoms with Gasteiger partial charge in [-0.1, -0.05) is 37.3 Å². The highest BCUT2D eigenvalue weighted by molar-refractivity contribution is 7.85. The fourth-order valence-electron chi connectivity index (χ4n) is 17.5. The summed E-state index contributed by atoms with van der Waals surface area (Å²) in [5.74, 6) is -3.63. The number of halogens is 2. The van der Waals surface area contributed by atoms with E-state index in [1.807, 2.05) is 35.7 Å². The van der Waals surface area contributed by atoms with Crippen LogP contribution >= 0.6 is 34.0 Å². The number of benzene rings is 1. The first-order valence-electron chi connectivity index (χ1n) is 43.2. The number of nitrogens with zero attached hydrogens (tertiary/aromatic N) is 10. The van der Waals surface area contributed by atoms with Gasteiger partial charge in [-0.25, -0.2) is 69.2 Å². The molecule has 8 aromatic heterocycles. The molecule has 722 valence electrons. The van der Waals surface area contributed by atoms with E-state index in [1.165, 1.54) is 96.4 Å². The molecule has 2 aliphatic heterocycles. The number of alkyl halides is 2. The number of furan rings is 1. The third-order valence-corrected chi connectivity index (χ3v) is 28.7. The van der Waals surface area contributed by atoms with Crippen molar-refractivity contribution in [2.75, 3.05) is 70.3 Å². The van der Waals surface area contributed by atoms with Crippen molar-refractivity contribution < 1.29 is 108 Å². The highest BCUT2D eigenvalue weighted by Gasteiger charge is 2.41. The summed E-state index contributed by atoms with van der Waals surface area (Å²) in [4.78, 5) is 91.5. The Labute approximate surface area is 781 Å². The lowest BCUT2D eigenvalue weighted by Gasteiger charge is -2.32. The van der Waals surface area contributed by atoms with Crippen molar-refractivity contribution >= 4 is 110 Å². The van der Waals surface area contributed by atoms with Crippen molar-refractivity contribution in [1.82, 2.24) is 49.7 Å². The number of carbonyl (C=O) groups excluding carboxylic acids is 4. The molecule has 13 atom stereocenters. The van der Waals surface area contributed by atoms with Crippen LogP contribution in [0.1, 0.15) is 191 Å². The van der Waals surface area contributed by atoms with Crippen molar-refractivity contribution in [2.24, 2.45) is 62.0 Å². The third kappa shape index (κ3) is 31.9. The molecule has 9 aromatic rings. The van der Waals surface area contributed by atoms with Gasteiger partial charge in [-0.3, -0.25) is 45.7 Å². The minimum absolute atomic E-state index is 0.0393. The molecule has 0 spiro atoms. The first kappa shape index (κ1) is 103. The first-order valence-corrected chi connectivity index (χ1v) is 51.7. The number of nitrogens with two attached hydrogens (primary N) is 4. The zero-order chi connectivity index (χ0) is 95.4. The van der Waals surface area contributed by atoms with E-state index in [4.69, 9.17) is 29.7 Å². The Balaban J connectivity index is 0.000000160. The van der Waals surface area contributed by atoms with Crippen molar-refractivity contribution in [2.45, 2.75) is 178 Å². The Bertz CT molecular complexity index is 5890. The van der Waals surface area contributed by atoms with Crippen LogP contribution in [0.2, 0.25) is 0 Å². The molecule has 0 amide bonds. The lowest BCUT2D eigenvalue weighted by atomic mass is 9.96. The molecule has 0 radical (unpaired) electrons. The van der Waals surface area contributed by atoms with Gasteiger partial charge in [0.15, 0.2) is 5.76 Å². The lowest BCUT2D eigenvalue weighted by molar-refractivity contribution is -0.0661. The van der Waals surface area contributed by atoms with Crippen molar-refractivity contribution in [3.63, 3.8) is 0 Å². The maximum atomic E-state index is 13.7. The zero-order valence-corrected chi connectivity index (χ0v) is 78.7. The minimum Gasteiger partial charge on any atom is -0.460 e. The maximum absolute atomic E-state index is 13.7. The fraction of sp³-hybridized carbons (Fsp3) is 0.512. The second kappa shape index (κ2) is 47.3. The number of ether oxygens (including phenoxy) is 1. The Kier molecular flexibility index (Phi) is 36.7. The molecule has 133 heavy (non-hydrogen) atoms. The van der Waals surface area contributed by atoms with E-state index in [1.54, 1.807) is 41.9 Å². The van der Waals surface area contributed by atoms with Crippen LogP contribution in [0.4, 0.5) is 20.4 Å². The number of anilines is 2. The average Bonchev–Trinajstić information content (AvgIpc) is 1.70. The number of likely N-dealkylation sites (tertiary alicyclic amines) is 2. The normalized spacial score (nSPS) is 23.4. The van der Waals surface area contributed by atoms with Crippen LogP contribution in [0.5, 0.6) is 0 Å². The molecule has 2 saturated heterocycles. The summed E-state index contributed by atoms with van der Waals surface area (Å²) >= 11 is 4.11. The molecule has 0 bridgehead atoms. The summed E-state index contributed by atoms with van der Waals surface area (Å²) in [5.41, 5.74) is 7.78. The van der Waals surface area contributed by atoms with Crippen molar-refractivity contribution in [3.05, 3.63) is 209 Å². The number of hydrogen-bond donors (Lipinski definition) is 10. The quantitative estimate of drug-likeness (QED) is 0.0170. The fourth-order valence-corrected chi connectivity index (χ4v) is 21.6. The van der Waals surface area contributed by atoms with Crippen LogP contribution in [0.3, 0.4) is 0 Å². The van der Waals surface area contributed by atoms with Crippen LogP contribution in [0.25, 0.3) is 0 Å². The number of aliphatic hydroxyl groups excluding tert-OH is 4. The number of aromatic nitrogens is 8. The summed E-state index contributed by atoms with van der Waals surface area (Å²) in [6.45, 7) is 5.51. The van der Waals surface area contributed by atoms with E-state index in [2.05, 4.69) is 96.6 Å². The molecule has 38 nitrogen and oxygen atoms in total. The number of rotatable bonds is 38. The molecule has 10 heterocycles. The van der Waals surface area contributed by atoms with Gasteiger partial charge in [0.1, 0.15) is 36.9 Å². The van der Waals surface area contributed by atoms with Gasteiger partial charge in [0.05, 0.1) is 119 Å². The zero-order valence-electron chi connectivity index (χ0n) is 73.0. The summed E-state index contributed by atoms with van der Waals surface area (Å²) < 4.78 is 144. The predicted octanol–water partition coefficient (Wildman–Crippen LogP) is 7.24. The van der Waals surface area contributed by atoms with Crippen molar-refractivity contribution in [3.8, 4) is 0 Å². The molecule has 47 heteroatoms. The number of aryl methyl sites for hydroxylation is 2. The van der Waals surface area contributed by atoms with E-state index in [-0.39, 0.29) is 109 Å². The van der Waals surface area contributed by atoms with Gasteiger partial charge in [0.2, 0.25) is 23.1 Å². The monoisotopic (exact) mass is 1980 g/mol. The van der Waals surface area contributed by atoms with Gasteiger partial charge in [-0.15, -0.1) is 34.0 Å². The lowest BCUT2D eigenvalue weighted by Crippen LogP contribution is -2.41. The number of ketones is 4. The third-order valence-electron chi connectivity index (χ3n) is 23.9. The largest absolute Gasteiger partial charge is 0.460 e. The average molecular weight is 1980 g/mol. The predicted molar refractivity (Wildman–Crippen MR) is 486 cm³/mol. The number of thiophene rings is 3. The summed E-state index contributed by atoms with van der Waals surface area (Å²) in [6, 6.07) is 17.0. The minimum atomic E-state index is -4.11. The summed E-state index contributed by atoms with van der Waals surface area (Å²) in [6.07, 6.45) is 20.0. The Morgan fingerprint density at radius 1 is 0.511 bits per heavy atom. The smallest absolute Gasteiger partial charge is 0.333 e. The molecule has 6 fully saturated rings. The summed E-state index contributed by atoms with van der Waals surface area (Å²) in [7, 11) is -14.7. The SMILES string of the molecule is CC1CCCN(Cc2csc(C(=O)c3cncnc3C[C@@H]3C[C@H](COS(N)(=O)=O)[C@@H](O)C3)c2)C1.COCc1coc(C(=O)c2cncnc2N[C@@H]2C[C@H](COS(N)(=O)=O)[C@@H](O)C2)c1.NS(=O)(=O)OC[C@H]1C[C@@H](Cc2ncncc2C(=O)c2cc(CCCc3ccccc3)cs2)C[C@@H]1O.NS(=O)(=O)OC[C@H]1C[C@@H](Nc2ncncc2C(=O)c2cc(CN3CCCC(F)(F)C3)cs2)C[C@@H]1O. The van der Waals surface area contributed by atoms with Crippen molar-refractivity contribution in [1.29, 1.82) is 0 Å². The van der Waals surface area contributed by atoms with E-state index < -0.39 is 89.2 Å². The van der Waals surface area contributed by atoms with E-state index >= 15 is 0 Å². The van der Waals surface area contributed by atoms with Gasteiger partial charge in [-0.05, 0) is 196 Å². The molecule has 15 rings (SSSR count). The van der Waals surface area contributed by atoms with Crippen LogP contribution < -0.4 is 31.2 Å². The van der Waals surface area contributed by atoms with Crippen LogP contribution in [-0.2, 0) is 108 Å². The van der Waals surface area contributed by atoms with E-state index in [0.717, 1.165) is 61.2 Å². The second-order valence-electron chi connectivity index (χ2n) is 34.5. The molecule has 4 saturated carbocycles. The van der Waals surface area contributed by atoms with Gasteiger partial charge in [-0.2, -0.15) is 33.7 Å². The van der Waals surface area contributed by atoms with E-state index in [9.17, 15) is 82.1 Å². The molecule has 4 aliphatic carbocycles. The number of nitrogens with one attached hydrogen (secondary N) is 2. The number of piperidine rings is 2. The standard InChI is InChI=1S/C25H29N3O5S2.C23H32N4O5S2.C21H27F2N5O5S2.C17H22N4O7S/c26-35(31,32)33-14-20-9-19(11-23(20)29)10-22-21(13-27-16-28-22)25(30)24-12-18(15-34-24)8-4-7-17-5-2-1-3-6-17;1-15-3-2-4-27(10-15)11-17-8-22(33-13-17)23(29)19-9-25-14-26-20(19)6-16-5-18(21(28)7-16)12-32-34(24,30)31;22-21(23)2-1-3-28(11-21)8-13-4-18(34-10-13)19(30)16-7-25-12-26-20(16)27-15-5-14(17(29)6-15)9-33-35(24,31)32;1-26-6-10-2-15(27-7-10)16(23)13-5-19-9-20-17(13)21-12-3-11(14(22)4-12)8-28-29(18,24)25/h1-3,5-6,12-13,15-16,19-20,23,29H,4,7-11,14H2,(H2,26,31,32);8-9,13-16,18,21,28H,2-7,10-12H2,1H3,(H2,24,30,31);4,7,10,12,14-15,17,29H,1-3,5-6,8-9,11H2,(H2,24,31,32)(H,25,26,27);2,5,7,9,11-12,14,22H,3-4,6,8H2,1H3,(H2,18,24,25)(H,19,20,21)/t19-,20+,23-;15?,16-,18+,21-;14-,15-,17+;11-,12-,14+/m0011/s1. The number of carbonyl (C=O) groups is 4. The topological polar surface area (TPSA) is 583 Å². The Morgan fingerprint density at radius 3 is 1.39 bits per heavy atom. The van der Waals surface area contributed by atoms with Gasteiger partial charge in [0.25, 0.3) is 5.92 Å². The molecular weight excluding hydrogens is 1870 g/mol. The molecular formula is C86H110F2N16O22S7. The van der Waals surface area contributed by atoms with Gasteiger partial charge >= 0.3 is 41.2 Å². The number of methoxy groups -OCH3 is 1. The maximum Gasteiger partial charge on any atom is 0.333 e. The summed E-state index contributed by atoms with van der Waals surface area (Å²) in [5, 5.41) is 72.7. The highest BCUT2D eigenvalue weighted by Crippen LogP contribution is 2.39. The Morgan fingerprint density at radius 2 is 0.925 bits per heavy atom. The van der Waals surface area contributed by atoms with Gasteiger partial charge in [0, 0.05) is 99.3 Å². The number of hydrogen-bond acceptors (Lipinski definition) is 37.